The molecule has 2 aliphatic rings. The van der Waals surface area contributed by atoms with Gasteiger partial charge in [0.05, 0.1) is 0 Å². The molecule has 1 saturated heterocycles. The van der Waals surface area contributed by atoms with E-state index in [1.165, 1.54) is 0 Å². The summed E-state index contributed by atoms with van der Waals surface area (Å²) in [5.74, 6) is 0.0757. The number of carbonyl (C=O) groups excluding carboxylic acids is 1. The van der Waals surface area contributed by atoms with Crippen molar-refractivity contribution in [2.45, 2.75) is 37.5 Å². The van der Waals surface area contributed by atoms with Crippen LogP contribution >= 0.6 is 0 Å². The molecule has 0 bridgehead atoms. The maximum Gasteiger partial charge on any atom is 0.508 e. The average molecular weight is 264 g/mol. The third-order valence-electron chi connectivity index (χ3n) is 3.62. The van der Waals surface area contributed by atoms with Crippen LogP contribution in [-0.2, 0) is 19.6 Å². The summed E-state index contributed by atoms with van der Waals surface area (Å²) in [5.41, 5.74) is 0. The molecule has 7 heteroatoms. The Morgan fingerprint density at radius 3 is 2.53 bits per heavy atom. The van der Waals surface area contributed by atoms with Crippen LogP contribution in [0.25, 0.3) is 0 Å². The predicted octanol–water partition coefficient (Wildman–Crippen LogP) is 1.21. The molecule has 6 nitrogen and oxygen atoms in total. The molecule has 0 aromatic carbocycles. The summed E-state index contributed by atoms with van der Waals surface area (Å²) in [6.45, 7) is 3.88. The molecule has 3 atom stereocenters. The van der Waals surface area contributed by atoms with E-state index in [2.05, 4.69) is 4.74 Å². The first-order valence-electron chi connectivity index (χ1n) is 5.57. The van der Waals surface area contributed by atoms with Crippen molar-refractivity contribution in [1.29, 1.82) is 0 Å². The summed E-state index contributed by atoms with van der Waals surface area (Å²) in [7, 11) is -4.14. The summed E-state index contributed by atoms with van der Waals surface area (Å²) in [6, 6.07) is 0. The summed E-state index contributed by atoms with van der Waals surface area (Å²) < 4.78 is 40.6. The Kier molecular flexibility index (Phi) is 2.86. The molecular weight excluding hydrogens is 248 g/mol. The van der Waals surface area contributed by atoms with Gasteiger partial charge in [-0.15, -0.1) is 0 Å². The molecule has 0 amide bonds. The smallest absolute Gasteiger partial charge is 0.430 e. The molecule has 1 heterocycles. The largest absolute Gasteiger partial charge is 0.508 e. The summed E-state index contributed by atoms with van der Waals surface area (Å²) in [4.78, 5) is 10.8. The highest BCUT2D eigenvalue weighted by molar-refractivity contribution is 7.87. The molecule has 1 aliphatic heterocycles. The van der Waals surface area contributed by atoms with Crippen molar-refractivity contribution in [2.75, 3.05) is 6.61 Å². The minimum atomic E-state index is -4.14. The monoisotopic (exact) mass is 264 g/mol. The van der Waals surface area contributed by atoms with Crippen LogP contribution in [0.1, 0.15) is 26.7 Å². The zero-order chi connectivity index (χ0) is 12.8. The van der Waals surface area contributed by atoms with Crippen molar-refractivity contribution in [1.82, 2.24) is 0 Å². The van der Waals surface area contributed by atoms with Gasteiger partial charge in [0.25, 0.3) is 10.1 Å². The van der Waals surface area contributed by atoms with Crippen molar-refractivity contribution in [2.24, 2.45) is 11.8 Å². The van der Waals surface area contributed by atoms with Gasteiger partial charge >= 0.3 is 6.16 Å². The lowest BCUT2D eigenvalue weighted by Gasteiger charge is -2.18. The van der Waals surface area contributed by atoms with Gasteiger partial charge in [-0.2, -0.15) is 8.42 Å². The maximum absolute atomic E-state index is 11.5. The second kappa shape index (κ2) is 3.84. The topological polar surface area (TPSA) is 89.9 Å². The summed E-state index contributed by atoms with van der Waals surface area (Å²) in [6.07, 6.45) is -0.826. The molecule has 2 fully saturated rings. The fraction of sp³-hybridized carbons (Fsp3) is 0.900. The molecular formula is C10H16O6S. The van der Waals surface area contributed by atoms with Gasteiger partial charge in [0.15, 0.2) is 0 Å². The van der Waals surface area contributed by atoms with Crippen molar-refractivity contribution in [3.05, 3.63) is 0 Å². The Balaban J connectivity index is 2.12. The summed E-state index contributed by atoms with van der Waals surface area (Å²) in [5, 5.41) is 0. The molecule has 1 aliphatic carbocycles. The molecule has 0 radical (unpaired) electrons. The van der Waals surface area contributed by atoms with E-state index in [9.17, 15) is 17.8 Å². The third-order valence-corrected chi connectivity index (χ3v) is 5.29. The number of rotatable bonds is 4. The van der Waals surface area contributed by atoms with Crippen LogP contribution in [0.5, 0.6) is 0 Å². The molecule has 2 rings (SSSR count). The van der Waals surface area contributed by atoms with Crippen molar-refractivity contribution in [3.8, 4) is 0 Å². The van der Waals surface area contributed by atoms with E-state index in [0.717, 1.165) is 0 Å². The van der Waals surface area contributed by atoms with E-state index < -0.39 is 27.1 Å². The van der Waals surface area contributed by atoms with E-state index >= 15 is 0 Å². The zero-order valence-corrected chi connectivity index (χ0v) is 10.6. The van der Waals surface area contributed by atoms with Gasteiger partial charge in [-0.3, -0.25) is 4.55 Å². The van der Waals surface area contributed by atoms with Crippen LogP contribution < -0.4 is 0 Å². The number of cyclic esters (lactones) is 2. The quantitative estimate of drug-likeness (QED) is 0.606. The molecule has 17 heavy (non-hydrogen) atoms. The Labute approximate surface area is 100 Å². The second-order valence-corrected chi connectivity index (χ2v) is 6.86. The molecule has 0 spiro atoms. The molecule has 1 saturated carbocycles. The van der Waals surface area contributed by atoms with E-state index in [0.29, 0.717) is 6.42 Å². The number of hydrogen-bond donors (Lipinski definition) is 1. The molecule has 3 unspecified atom stereocenters. The normalized spacial score (nSPS) is 36.8. The highest BCUT2D eigenvalue weighted by Gasteiger charge is 2.65. The average Bonchev–Trinajstić information content (AvgIpc) is 2.78. The lowest BCUT2D eigenvalue weighted by Crippen LogP contribution is -2.32. The van der Waals surface area contributed by atoms with Gasteiger partial charge in [-0.25, -0.2) is 4.79 Å². The van der Waals surface area contributed by atoms with Crippen LogP contribution in [0.15, 0.2) is 0 Å². The first kappa shape index (κ1) is 12.6. The minimum absolute atomic E-state index is 0.0565. The van der Waals surface area contributed by atoms with Crippen molar-refractivity contribution >= 4 is 16.3 Å². The highest BCUT2D eigenvalue weighted by atomic mass is 32.2. The van der Waals surface area contributed by atoms with Gasteiger partial charge in [-0.05, 0) is 18.3 Å². The fourth-order valence-electron chi connectivity index (χ4n) is 2.64. The van der Waals surface area contributed by atoms with E-state index in [-0.39, 0.29) is 24.9 Å². The van der Waals surface area contributed by atoms with E-state index in [4.69, 9.17) is 4.74 Å². The lowest BCUT2D eigenvalue weighted by molar-refractivity contribution is 0.114. The Bertz CT molecular complexity index is 428. The standard InChI is InChI=1S/C10H16O6S/c1-6(2)8-4-10(8,17(12,13)14)3-7-5-15-9(11)16-7/h6-8H,3-5H2,1-2H3,(H,12,13,14). The maximum atomic E-state index is 11.5. The van der Waals surface area contributed by atoms with Gasteiger partial charge in [0.1, 0.15) is 17.5 Å². The predicted molar refractivity (Wildman–Crippen MR) is 58.1 cm³/mol. The second-order valence-electron chi connectivity index (χ2n) is 5.10. The molecule has 0 aromatic heterocycles. The van der Waals surface area contributed by atoms with Crippen molar-refractivity contribution in [3.63, 3.8) is 0 Å². The van der Waals surface area contributed by atoms with Gasteiger partial charge < -0.3 is 9.47 Å². The number of hydrogen-bond acceptors (Lipinski definition) is 5. The molecule has 1 N–H and O–H groups in total. The van der Waals surface area contributed by atoms with Gasteiger partial charge in [0.2, 0.25) is 0 Å². The number of ether oxygens (including phenoxy) is 2. The SMILES string of the molecule is CC(C)C1CC1(CC1COC(=O)O1)S(=O)(=O)O. The highest BCUT2D eigenvalue weighted by Crippen LogP contribution is 2.57. The van der Waals surface area contributed by atoms with Crippen molar-refractivity contribution < 1.29 is 27.2 Å². The Morgan fingerprint density at radius 1 is 1.53 bits per heavy atom. The van der Waals surface area contributed by atoms with Gasteiger partial charge in [-0.1, -0.05) is 13.8 Å². The summed E-state index contributed by atoms with van der Waals surface area (Å²) >= 11 is 0. The first-order chi connectivity index (χ1) is 7.76. The van der Waals surface area contributed by atoms with E-state index in [1.807, 2.05) is 13.8 Å². The third kappa shape index (κ3) is 2.13. The number of carbonyl (C=O) groups is 1. The van der Waals surface area contributed by atoms with Crippen LogP contribution in [-0.4, -0.2) is 36.6 Å². The molecule has 98 valence electrons. The first-order valence-corrected chi connectivity index (χ1v) is 7.01. The van der Waals surface area contributed by atoms with Crippen LogP contribution in [0.3, 0.4) is 0 Å². The van der Waals surface area contributed by atoms with Crippen LogP contribution in [0.4, 0.5) is 4.79 Å². The van der Waals surface area contributed by atoms with Gasteiger partial charge in [0, 0.05) is 6.42 Å². The Morgan fingerprint density at radius 2 is 2.18 bits per heavy atom. The minimum Gasteiger partial charge on any atom is -0.430 e. The van der Waals surface area contributed by atoms with Crippen LogP contribution in [0, 0.1) is 11.8 Å². The molecule has 0 aromatic rings. The fourth-order valence-corrected chi connectivity index (χ4v) is 4.09. The lowest BCUT2D eigenvalue weighted by atomic mass is 10.0. The van der Waals surface area contributed by atoms with Crippen LogP contribution in [0.2, 0.25) is 0 Å². The van der Waals surface area contributed by atoms with E-state index in [1.54, 1.807) is 0 Å². The zero-order valence-electron chi connectivity index (χ0n) is 9.75. The Hall–Kier alpha value is -0.820.